The Balaban J connectivity index is 1.66. The van der Waals surface area contributed by atoms with Crippen LogP contribution in [0.15, 0.2) is 22.7 Å². The molecule has 2 nitrogen and oxygen atoms in total. The van der Waals surface area contributed by atoms with Crippen LogP contribution in [-0.4, -0.2) is 31.1 Å². The zero-order valence-electron chi connectivity index (χ0n) is 10.3. The van der Waals surface area contributed by atoms with Gasteiger partial charge in [-0.15, -0.1) is 0 Å². The van der Waals surface area contributed by atoms with Crippen LogP contribution in [0.25, 0.3) is 0 Å². The standard InChI is InChI=1S/C14H18BrFN2/c15-14-5-13(16)2-1-11(14)8-18-4-3-10-6-17-7-12(10)9-18/h1-2,5,10,12,17H,3-4,6-9H2. The van der Waals surface area contributed by atoms with Crippen molar-refractivity contribution in [3.05, 3.63) is 34.1 Å². The average molecular weight is 313 g/mol. The van der Waals surface area contributed by atoms with Crippen LogP contribution < -0.4 is 5.32 Å². The van der Waals surface area contributed by atoms with Crippen LogP contribution in [0, 0.1) is 17.7 Å². The second kappa shape index (κ2) is 5.27. The SMILES string of the molecule is Fc1ccc(CN2CCC3CNCC3C2)c(Br)c1. The van der Waals surface area contributed by atoms with Gasteiger partial charge in [0.15, 0.2) is 0 Å². The number of benzene rings is 1. The Hall–Kier alpha value is -0.450. The van der Waals surface area contributed by atoms with Gasteiger partial charge in [0, 0.05) is 17.6 Å². The number of nitrogens with one attached hydrogen (secondary N) is 1. The molecule has 18 heavy (non-hydrogen) atoms. The number of nitrogens with zero attached hydrogens (tertiary/aromatic N) is 1. The van der Waals surface area contributed by atoms with E-state index in [0.29, 0.717) is 0 Å². The zero-order valence-corrected chi connectivity index (χ0v) is 11.9. The fourth-order valence-corrected chi connectivity index (χ4v) is 3.62. The van der Waals surface area contributed by atoms with Crippen molar-refractivity contribution in [1.29, 1.82) is 0 Å². The van der Waals surface area contributed by atoms with Gasteiger partial charge in [-0.05, 0) is 55.6 Å². The lowest BCUT2D eigenvalue weighted by Gasteiger charge is -2.34. The van der Waals surface area contributed by atoms with Gasteiger partial charge in [0.1, 0.15) is 5.82 Å². The molecule has 0 aromatic heterocycles. The molecule has 1 aromatic carbocycles. The molecule has 2 aliphatic heterocycles. The van der Waals surface area contributed by atoms with Gasteiger partial charge in [-0.2, -0.15) is 0 Å². The molecule has 0 amide bonds. The molecule has 0 aliphatic carbocycles. The number of likely N-dealkylation sites (tertiary alicyclic amines) is 1. The monoisotopic (exact) mass is 312 g/mol. The minimum atomic E-state index is -0.177. The van der Waals surface area contributed by atoms with Gasteiger partial charge in [0.05, 0.1) is 0 Å². The molecule has 0 radical (unpaired) electrons. The van der Waals surface area contributed by atoms with E-state index in [1.165, 1.54) is 25.1 Å². The highest BCUT2D eigenvalue weighted by Crippen LogP contribution is 2.28. The van der Waals surface area contributed by atoms with Crippen LogP contribution in [0.2, 0.25) is 0 Å². The maximum absolute atomic E-state index is 13.1. The highest BCUT2D eigenvalue weighted by molar-refractivity contribution is 9.10. The summed E-state index contributed by atoms with van der Waals surface area (Å²) in [6, 6.07) is 4.99. The Morgan fingerprint density at radius 1 is 1.33 bits per heavy atom. The highest BCUT2D eigenvalue weighted by Gasteiger charge is 2.32. The van der Waals surface area contributed by atoms with E-state index in [0.717, 1.165) is 35.9 Å². The Morgan fingerprint density at radius 3 is 3.00 bits per heavy atom. The van der Waals surface area contributed by atoms with Crippen LogP contribution in [0.4, 0.5) is 4.39 Å². The summed E-state index contributed by atoms with van der Waals surface area (Å²) in [5.74, 6) is 1.50. The minimum absolute atomic E-state index is 0.177. The summed E-state index contributed by atoms with van der Waals surface area (Å²) in [5, 5.41) is 3.48. The van der Waals surface area contributed by atoms with Crippen LogP contribution >= 0.6 is 15.9 Å². The maximum Gasteiger partial charge on any atom is 0.124 e. The van der Waals surface area contributed by atoms with E-state index in [1.54, 1.807) is 12.1 Å². The quantitative estimate of drug-likeness (QED) is 0.903. The smallest absolute Gasteiger partial charge is 0.124 e. The number of rotatable bonds is 2. The predicted octanol–water partition coefficient (Wildman–Crippen LogP) is 2.63. The van der Waals surface area contributed by atoms with Gasteiger partial charge in [-0.25, -0.2) is 4.39 Å². The van der Waals surface area contributed by atoms with E-state index in [-0.39, 0.29) is 5.82 Å². The summed E-state index contributed by atoms with van der Waals surface area (Å²) in [5.41, 5.74) is 1.18. The van der Waals surface area contributed by atoms with Gasteiger partial charge < -0.3 is 5.32 Å². The lowest BCUT2D eigenvalue weighted by atomic mass is 9.88. The van der Waals surface area contributed by atoms with Crippen molar-refractivity contribution in [3.63, 3.8) is 0 Å². The highest BCUT2D eigenvalue weighted by atomic mass is 79.9. The molecule has 2 heterocycles. The van der Waals surface area contributed by atoms with E-state index in [9.17, 15) is 4.39 Å². The third-order valence-corrected chi connectivity index (χ3v) is 4.94. The van der Waals surface area contributed by atoms with Crippen LogP contribution in [-0.2, 0) is 6.54 Å². The second-order valence-electron chi connectivity index (χ2n) is 5.44. The molecule has 0 spiro atoms. The van der Waals surface area contributed by atoms with Crippen LogP contribution in [0.5, 0.6) is 0 Å². The molecule has 2 atom stereocenters. The van der Waals surface area contributed by atoms with Crippen molar-refractivity contribution in [2.45, 2.75) is 13.0 Å². The largest absolute Gasteiger partial charge is 0.316 e. The summed E-state index contributed by atoms with van der Waals surface area (Å²) in [4.78, 5) is 2.49. The van der Waals surface area contributed by atoms with Gasteiger partial charge in [-0.1, -0.05) is 22.0 Å². The van der Waals surface area contributed by atoms with Crippen LogP contribution in [0.3, 0.4) is 0 Å². The van der Waals surface area contributed by atoms with Crippen molar-refractivity contribution in [2.75, 3.05) is 26.2 Å². The molecule has 3 rings (SSSR count). The lowest BCUT2D eigenvalue weighted by Crippen LogP contribution is -2.39. The molecule has 2 fully saturated rings. The van der Waals surface area contributed by atoms with Gasteiger partial charge in [-0.3, -0.25) is 4.90 Å². The number of hydrogen-bond donors (Lipinski definition) is 1. The van der Waals surface area contributed by atoms with E-state index < -0.39 is 0 Å². The summed E-state index contributed by atoms with van der Waals surface area (Å²) in [7, 11) is 0. The maximum atomic E-state index is 13.1. The van der Waals surface area contributed by atoms with Crippen molar-refractivity contribution in [3.8, 4) is 0 Å². The topological polar surface area (TPSA) is 15.3 Å². The molecule has 0 bridgehead atoms. The molecule has 2 unspecified atom stereocenters. The Morgan fingerprint density at radius 2 is 2.17 bits per heavy atom. The van der Waals surface area contributed by atoms with E-state index in [2.05, 4.69) is 26.1 Å². The molecule has 1 aromatic rings. The van der Waals surface area contributed by atoms with E-state index in [4.69, 9.17) is 0 Å². The van der Waals surface area contributed by atoms with Crippen molar-refractivity contribution < 1.29 is 4.39 Å². The number of hydrogen-bond acceptors (Lipinski definition) is 2. The first-order valence-corrected chi connectivity index (χ1v) is 7.38. The summed E-state index contributed by atoms with van der Waals surface area (Å²) >= 11 is 3.45. The number of halogens is 2. The first kappa shape index (κ1) is 12.6. The van der Waals surface area contributed by atoms with E-state index >= 15 is 0 Å². The molecule has 4 heteroatoms. The summed E-state index contributed by atoms with van der Waals surface area (Å²) in [6.45, 7) is 5.60. The number of fused-ring (bicyclic) bond motifs is 1. The second-order valence-corrected chi connectivity index (χ2v) is 6.29. The molecule has 2 saturated heterocycles. The predicted molar refractivity (Wildman–Crippen MR) is 73.8 cm³/mol. The molecule has 98 valence electrons. The fraction of sp³-hybridized carbons (Fsp3) is 0.571. The Bertz CT molecular complexity index is 438. The zero-order chi connectivity index (χ0) is 12.5. The third-order valence-electron chi connectivity index (χ3n) is 4.20. The van der Waals surface area contributed by atoms with Gasteiger partial charge in [0.25, 0.3) is 0 Å². The van der Waals surface area contributed by atoms with Crippen molar-refractivity contribution in [1.82, 2.24) is 10.2 Å². The van der Waals surface area contributed by atoms with E-state index in [1.807, 2.05) is 6.07 Å². The average Bonchev–Trinajstić information content (AvgIpc) is 2.80. The Labute approximate surface area is 116 Å². The summed E-state index contributed by atoms with van der Waals surface area (Å²) < 4.78 is 13.9. The molecule has 0 saturated carbocycles. The summed E-state index contributed by atoms with van der Waals surface area (Å²) in [6.07, 6.45) is 1.29. The third kappa shape index (κ3) is 2.60. The van der Waals surface area contributed by atoms with Crippen molar-refractivity contribution >= 4 is 15.9 Å². The molecular formula is C14H18BrFN2. The minimum Gasteiger partial charge on any atom is -0.316 e. The van der Waals surface area contributed by atoms with Gasteiger partial charge >= 0.3 is 0 Å². The first-order valence-electron chi connectivity index (χ1n) is 6.59. The van der Waals surface area contributed by atoms with Gasteiger partial charge in [0.2, 0.25) is 0 Å². The number of piperidine rings is 1. The lowest BCUT2D eigenvalue weighted by molar-refractivity contribution is 0.142. The molecular weight excluding hydrogens is 295 g/mol. The fourth-order valence-electron chi connectivity index (χ4n) is 3.14. The molecule has 2 aliphatic rings. The normalized spacial score (nSPS) is 28.3. The molecule has 1 N–H and O–H groups in total. The van der Waals surface area contributed by atoms with Crippen molar-refractivity contribution in [2.24, 2.45) is 11.8 Å². The first-order chi connectivity index (χ1) is 8.72. The Kier molecular flexibility index (Phi) is 3.68. The van der Waals surface area contributed by atoms with Crippen LogP contribution in [0.1, 0.15) is 12.0 Å².